The van der Waals surface area contributed by atoms with E-state index in [1.54, 1.807) is 49.5 Å². The van der Waals surface area contributed by atoms with E-state index in [1.165, 1.54) is 4.40 Å². The molecule has 0 saturated carbocycles. The van der Waals surface area contributed by atoms with Crippen LogP contribution in [-0.2, 0) is 11.3 Å². The van der Waals surface area contributed by atoms with E-state index in [2.05, 4.69) is 10.4 Å². The van der Waals surface area contributed by atoms with Gasteiger partial charge in [0.1, 0.15) is 6.54 Å². The van der Waals surface area contributed by atoms with E-state index in [-0.39, 0.29) is 24.2 Å². The summed E-state index contributed by atoms with van der Waals surface area (Å²) >= 11 is 12.0. The number of hydrogen-bond donors (Lipinski definition) is 1. The van der Waals surface area contributed by atoms with Gasteiger partial charge in [-0.2, -0.15) is 0 Å². The molecule has 1 N–H and O–H groups in total. The summed E-state index contributed by atoms with van der Waals surface area (Å²) in [7, 11) is 0. The van der Waals surface area contributed by atoms with Gasteiger partial charge in [-0.25, -0.2) is 9.48 Å². The van der Waals surface area contributed by atoms with Crippen molar-refractivity contribution in [2.45, 2.75) is 19.5 Å². The number of pyridine rings is 1. The molecule has 0 spiro atoms. The third-order valence-electron chi connectivity index (χ3n) is 3.59. The maximum atomic E-state index is 12.2. The van der Waals surface area contributed by atoms with Crippen molar-refractivity contribution in [3.05, 3.63) is 68.7 Å². The molecule has 0 aliphatic rings. The Hall–Kier alpha value is -2.31. The largest absolute Gasteiger partial charge is 0.350 e. The molecule has 0 fully saturated rings. The zero-order valence-electron chi connectivity index (χ0n) is 12.7. The van der Waals surface area contributed by atoms with Gasteiger partial charge in [-0.05, 0) is 36.8 Å². The molecule has 0 aliphatic carbocycles. The monoisotopic (exact) mass is 364 g/mol. The summed E-state index contributed by atoms with van der Waals surface area (Å²) in [4.78, 5) is 24.4. The van der Waals surface area contributed by atoms with E-state index in [0.717, 1.165) is 10.2 Å². The zero-order chi connectivity index (χ0) is 17.3. The Morgan fingerprint density at radius 1 is 1.29 bits per heavy atom. The van der Waals surface area contributed by atoms with Crippen molar-refractivity contribution >= 4 is 34.8 Å². The fourth-order valence-corrected chi connectivity index (χ4v) is 3.00. The lowest BCUT2D eigenvalue weighted by molar-refractivity contribution is -0.122. The van der Waals surface area contributed by atoms with E-state index in [0.29, 0.717) is 15.7 Å². The van der Waals surface area contributed by atoms with Gasteiger partial charge in [-0.15, -0.1) is 5.10 Å². The molecule has 8 heteroatoms. The SMILES string of the molecule is CC(NC(=O)Cn1nc2ccccn2c1=O)c1ccc(Cl)cc1Cl. The number of hydrogen-bond acceptors (Lipinski definition) is 3. The van der Waals surface area contributed by atoms with Gasteiger partial charge in [0.25, 0.3) is 0 Å². The summed E-state index contributed by atoms with van der Waals surface area (Å²) in [6, 6.07) is 9.96. The molecule has 1 unspecified atom stereocenters. The van der Waals surface area contributed by atoms with Crippen LogP contribution in [0.2, 0.25) is 10.0 Å². The summed E-state index contributed by atoms with van der Waals surface area (Å²) < 4.78 is 2.51. The van der Waals surface area contributed by atoms with Crippen LogP contribution in [0.1, 0.15) is 18.5 Å². The van der Waals surface area contributed by atoms with Crippen LogP contribution < -0.4 is 11.0 Å². The number of halogens is 2. The average molecular weight is 365 g/mol. The van der Waals surface area contributed by atoms with Crippen molar-refractivity contribution in [3.8, 4) is 0 Å². The number of nitrogens with zero attached hydrogens (tertiary/aromatic N) is 3. The molecule has 6 nitrogen and oxygen atoms in total. The number of amides is 1. The number of carbonyl (C=O) groups is 1. The van der Waals surface area contributed by atoms with Crippen molar-refractivity contribution in [2.24, 2.45) is 0 Å². The second-order valence-electron chi connectivity index (χ2n) is 5.32. The Morgan fingerprint density at radius 2 is 2.08 bits per heavy atom. The van der Waals surface area contributed by atoms with Crippen LogP contribution in [0.4, 0.5) is 0 Å². The van der Waals surface area contributed by atoms with Crippen molar-refractivity contribution in [2.75, 3.05) is 0 Å². The maximum Gasteiger partial charge on any atom is 0.350 e. The van der Waals surface area contributed by atoms with Gasteiger partial charge in [0.2, 0.25) is 5.91 Å². The summed E-state index contributed by atoms with van der Waals surface area (Å²) in [5, 5.41) is 7.92. The van der Waals surface area contributed by atoms with Crippen LogP contribution in [0.25, 0.3) is 5.65 Å². The molecule has 2 aromatic heterocycles. The highest BCUT2D eigenvalue weighted by atomic mass is 35.5. The Labute approximate surface area is 147 Å². The molecule has 124 valence electrons. The molecule has 3 rings (SSSR count). The maximum absolute atomic E-state index is 12.2. The first-order valence-electron chi connectivity index (χ1n) is 7.24. The van der Waals surface area contributed by atoms with Gasteiger partial charge in [0.15, 0.2) is 5.65 Å². The quantitative estimate of drug-likeness (QED) is 0.773. The van der Waals surface area contributed by atoms with Crippen LogP contribution in [0.3, 0.4) is 0 Å². The highest BCUT2D eigenvalue weighted by molar-refractivity contribution is 6.35. The van der Waals surface area contributed by atoms with E-state index in [4.69, 9.17) is 23.2 Å². The van der Waals surface area contributed by atoms with Crippen molar-refractivity contribution < 1.29 is 4.79 Å². The van der Waals surface area contributed by atoms with E-state index in [9.17, 15) is 9.59 Å². The Morgan fingerprint density at radius 3 is 2.79 bits per heavy atom. The van der Waals surface area contributed by atoms with Crippen molar-refractivity contribution in [3.63, 3.8) is 0 Å². The molecular weight excluding hydrogens is 351 g/mol. The molecule has 1 amide bonds. The molecule has 24 heavy (non-hydrogen) atoms. The minimum atomic E-state index is -0.363. The molecular formula is C16H14Cl2N4O2. The average Bonchev–Trinajstić information content (AvgIpc) is 2.83. The highest BCUT2D eigenvalue weighted by Gasteiger charge is 2.15. The normalized spacial score (nSPS) is 12.3. The van der Waals surface area contributed by atoms with Crippen LogP contribution in [0, 0.1) is 0 Å². The number of carbonyl (C=O) groups excluding carboxylic acids is 1. The number of rotatable bonds is 4. The second kappa shape index (κ2) is 6.67. The number of nitrogens with one attached hydrogen (secondary N) is 1. The second-order valence-corrected chi connectivity index (χ2v) is 6.17. The minimum Gasteiger partial charge on any atom is -0.348 e. The molecule has 0 saturated heterocycles. The van der Waals surface area contributed by atoms with Crippen molar-refractivity contribution in [1.82, 2.24) is 19.5 Å². The Balaban J connectivity index is 1.75. The van der Waals surface area contributed by atoms with E-state index < -0.39 is 0 Å². The molecule has 3 aromatic rings. The molecule has 2 heterocycles. The lowest BCUT2D eigenvalue weighted by Gasteiger charge is -2.15. The first-order valence-corrected chi connectivity index (χ1v) is 8.00. The van der Waals surface area contributed by atoms with Gasteiger partial charge < -0.3 is 5.32 Å². The number of aromatic nitrogens is 3. The Kier molecular flexibility index (Phi) is 4.59. The molecule has 0 aliphatic heterocycles. The Bertz CT molecular complexity index is 964. The third kappa shape index (κ3) is 3.29. The van der Waals surface area contributed by atoms with Crippen molar-refractivity contribution in [1.29, 1.82) is 0 Å². The molecule has 1 aromatic carbocycles. The molecule has 0 bridgehead atoms. The van der Waals surface area contributed by atoms with Crippen LogP contribution >= 0.6 is 23.2 Å². The number of benzene rings is 1. The van der Waals surface area contributed by atoms with Gasteiger partial charge in [-0.3, -0.25) is 9.20 Å². The van der Waals surface area contributed by atoms with Gasteiger partial charge in [0, 0.05) is 16.2 Å². The van der Waals surface area contributed by atoms with Gasteiger partial charge in [0.05, 0.1) is 6.04 Å². The topological polar surface area (TPSA) is 68.4 Å². The van der Waals surface area contributed by atoms with E-state index in [1.807, 2.05) is 0 Å². The van der Waals surface area contributed by atoms with Gasteiger partial charge >= 0.3 is 5.69 Å². The minimum absolute atomic E-state index is 0.171. The van der Waals surface area contributed by atoms with Crippen LogP contribution in [-0.4, -0.2) is 20.1 Å². The van der Waals surface area contributed by atoms with E-state index >= 15 is 0 Å². The smallest absolute Gasteiger partial charge is 0.348 e. The lowest BCUT2D eigenvalue weighted by Crippen LogP contribution is -2.34. The summed E-state index contributed by atoms with van der Waals surface area (Å²) in [6.07, 6.45) is 1.61. The fraction of sp³-hybridized carbons (Fsp3) is 0.188. The van der Waals surface area contributed by atoms with Crippen LogP contribution in [0.15, 0.2) is 47.4 Å². The standard InChI is InChI=1S/C16H14Cl2N4O2/c1-10(12-6-5-11(17)8-13(12)18)19-15(23)9-22-16(24)21-7-3-2-4-14(21)20-22/h2-8,10H,9H2,1H3,(H,19,23). The zero-order valence-corrected chi connectivity index (χ0v) is 14.3. The lowest BCUT2D eigenvalue weighted by atomic mass is 10.1. The first kappa shape index (κ1) is 16.5. The van der Waals surface area contributed by atoms with Gasteiger partial charge in [-0.1, -0.05) is 35.3 Å². The predicted octanol–water partition coefficient (Wildman–Crippen LogP) is 2.68. The first-order chi connectivity index (χ1) is 11.5. The third-order valence-corrected chi connectivity index (χ3v) is 4.15. The van der Waals surface area contributed by atoms with Crippen LogP contribution in [0.5, 0.6) is 0 Å². The molecule has 0 radical (unpaired) electrons. The summed E-state index contributed by atoms with van der Waals surface area (Å²) in [6.45, 7) is 1.63. The fourth-order valence-electron chi connectivity index (χ4n) is 2.42. The molecule has 1 atom stereocenters. The summed E-state index contributed by atoms with van der Waals surface area (Å²) in [5.41, 5.74) is 0.874. The summed E-state index contributed by atoms with van der Waals surface area (Å²) in [5.74, 6) is -0.334. The number of fused-ring (bicyclic) bond motifs is 1. The predicted molar refractivity (Wildman–Crippen MR) is 92.5 cm³/mol. The highest BCUT2D eigenvalue weighted by Crippen LogP contribution is 2.25.